The lowest BCUT2D eigenvalue weighted by atomic mass is 9.71. The van der Waals surface area contributed by atoms with Crippen LogP contribution in [-0.4, -0.2) is 29.2 Å². The molecule has 1 aliphatic carbocycles. The van der Waals surface area contributed by atoms with Crippen molar-refractivity contribution in [1.29, 1.82) is 0 Å². The zero-order chi connectivity index (χ0) is 12.1. The Labute approximate surface area is 103 Å². The molecule has 0 amide bonds. The first-order chi connectivity index (χ1) is 8.07. The Bertz CT molecular complexity index is 408. The molecule has 2 fully saturated rings. The fourth-order valence-electron chi connectivity index (χ4n) is 3.64. The molecule has 1 saturated carbocycles. The Morgan fingerprint density at radius 3 is 2.41 bits per heavy atom. The van der Waals surface area contributed by atoms with Gasteiger partial charge in [-0.05, 0) is 38.8 Å². The third kappa shape index (κ3) is 1.54. The Balaban J connectivity index is 2.02. The van der Waals surface area contributed by atoms with Gasteiger partial charge >= 0.3 is 0 Å². The number of nitrogens with zero attached hydrogens (tertiary/aromatic N) is 1. The molecule has 2 aliphatic rings. The summed E-state index contributed by atoms with van der Waals surface area (Å²) in [6.45, 7) is 3.01. The van der Waals surface area contributed by atoms with Gasteiger partial charge in [-0.2, -0.15) is 0 Å². The van der Waals surface area contributed by atoms with Crippen molar-refractivity contribution in [3.63, 3.8) is 0 Å². The molecular weight excluding hydrogens is 210 g/mol. The van der Waals surface area contributed by atoms with Crippen molar-refractivity contribution in [2.24, 2.45) is 5.41 Å². The van der Waals surface area contributed by atoms with Gasteiger partial charge in [-0.15, -0.1) is 0 Å². The van der Waals surface area contributed by atoms with Crippen molar-refractivity contribution in [1.82, 2.24) is 4.90 Å². The third-order valence-corrected chi connectivity index (χ3v) is 4.89. The quantitative estimate of drug-likeness (QED) is 0.803. The number of piperidine rings is 1. The van der Waals surface area contributed by atoms with E-state index in [-0.39, 0.29) is 5.41 Å². The fourth-order valence-corrected chi connectivity index (χ4v) is 3.64. The van der Waals surface area contributed by atoms with Crippen molar-refractivity contribution in [3.8, 4) is 0 Å². The van der Waals surface area contributed by atoms with E-state index in [0.717, 1.165) is 25.8 Å². The van der Waals surface area contributed by atoms with E-state index in [0.29, 0.717) is 6.04 Å². The Morgan fingerprint density at radius 1 is 1.18 bits per heavy atom. The topological polar surface area (TPSA) is 23.5 Å². The molecule has 0 unspecified atom stereocenters. The van der Waals surface area contributed by atoms with Crippen molar-refractivity contribution in [2.45, 2.75) is 37.8 Å². The summed E-state index contributed by atoms with van der Waals surface area (Å²) in [4.78, 5) is 2.42. The summed E-state index contributed by atoms with van der Waals surface area (Å²) in [6.07, 6.45) is 3.21. The summed E-state index contributed by atoms with van der Waals surface area (Å²) in [5.74, 6) is 0. The second-order valence-corrected chi connectivity index (χ2v) is 5.97. The normalized spacial score (nSPS) is 36.1. The van der Waals surface area contributed by atoms with Crippen LogP contribution in [-0.2, 0) is 0 Å². The van der Waals surface area contributed by atoms with Gasteiger partial charge in [-0.1, -0.05) is 30.3 Å². The molecular formula is C15H21NO. The molecule has 3 rings (SSSR count). The van der Waals surface area contributed by atoms with Crippen LogP contribution in [0.3, 0.4) is 0 Å². The SMILES string of the molecule is CN1CC[C@](C)(O)C2(CC2)[C@@H]1c1ccccc1. The van der Waals surface area contributed by atoms with Crippen LogP contribution in [0, 0.1) is 5.41 Å². The maximum absolute atomic E-state index is 10.7. The van der Waals surface area contributed by atoms with Crippen molar-refractivity contribution >= 4 is 0 Å². The van der Waals surface area contributed by atoms with Crippen molar-refractivity contribution in [2.75, 3.05) is 13.6 Å². The summed E-state index contributed by atoms with van der Waals surface area (Å²) < 4.78 is 0. The van der Waals surface area contributed by atoms with Crippen LogP contribution in [0.4, 0.5) is 0 Å². The van der Waals surface area contributed by atoms with Crippen LogP contribution in [0.25, 0.3) is 0 Å². The molecule has 2 nitrogen and oxygen atoms in total. The standard InChI is InChI=1S/C15H21NO/c1-14(17)10-11-16(2)13(15(14)8-9-15)12-6-4-3-5-7-12/h3-7,13,17H,8-11H2,1-2H3/t13-,14-/m0/s1. The first kappa shape index (κ1) is 11.2. The van der Waals surface area contributed by atoms with E-state index in [2.05, 4.69) is 42.3 Å². The number of aliphatic hydroxyl groups is 1. The molecule has 1 saturated heterocycles. The molecule has 1 aliphatic heterocycles. The van der Waals surface area contributed by atoms with E-state index < -0.39 is 5.60 Å². The summed E-state index contributed by atoms with van der Waals surface area (Å²) in [7, 11) is 2.19. The van der Waals surface area contributed by atoms with Crippen LogP contribution in [0.2, 0.25) is 0 Å². The number of hydrogen-bond donors (Lipinski definition) is 1. The lowest BCUT2D eigenvalue weighted by Gasteiger charge is -2.49. The van der Waals surface area contributed by atoms with Gasteiger partial charge in [0.05, 0.1) is 5.60 Å². The Kier molecular flexibility index (Phi) is 2.36. The zero-order valence-corrected chi connectivity index (χ0v) is 10.7. The lowest BCUT2D eigenvalue weighted by Crippen LogP contribution is -2.52. The number of likely N-dealkylation sites (tertiary alicyclic amines) is 1. The highest BCUT2D eigenvalue weighted by molar-refractivity contribution is 5.28. The highest BCUT2D eigenvalue weighted by Crippen LogP contribution is 2.66. The van der Waals surface area contributed by atoms with E-state index >= 15 is 0 Å². The van der Waals surface area contributed by atoms with Gasteiger partial charge < -0.3 is 5.11 Å². The maximum atomic E-state index is 10.7. The molecule has 1 spiro atoms. The second kappa shape index (κ2) is 3.56. The van der Waals surface area contributed by atoms with E-state index in [9.17, 15) is 5.11 Å². The lowest BCUT2D eigenvalue weighted by molar-refractivity contribution is -0.0996. The van der Waals surface area contributed by atoms with Crippen LogP contribution in [0.1, 0.15) is 37.8 Å². The second-order valence-electron chi connectivity index (χ2n) is 5.97. The molecule has 0 aromatic heterocycles. The monoisotopic (exact) mass is 231 g/mol. The van der Waals surface area contributed by atoms with Crippen LogP contribution in [0.5, 0.6) is 0 Å². The van der Waals surface area contributed by atoms with Crippen LogP contribution >= 0.6 is 0 Å². The predicted molar refractivity (Wildman–Crippen MR) is 68.7 cm³/mol. The zero-order valence-electron chi connectivity index (χ0n) is 10.7. The van der Waals surface area contributed by atoms with Crippen LogP contribution < -0.4 is 0 Å². The predicted octanol–water partition coefficient (Wildman–Crippen LogP) is 2.59. The third-order valence-electron chi connectivity index (χ3n) is 4.89. The first-order valence-corrected chi connectivity index (χ1v) is 6.54. The summed E-state index contributed by atoms with van der Waals surface area (Å²) in [6, 6.07) is 11.0. The summed E-state index contributed by atoms with van der Waals surface area (Å²) >= 11 is 0. The molecule has 0 radical (unpaired) electrons. The van der Waals surface area contributed by atoms with Crippen molar-refractivity contribution in [3.05, 3.63) is 35.9 Å². The minimum absolute atomic E-state index is 0.0986. The Morgan fingerprint density at radius 2 is 1.82 bits per heavy atom. The van der Waals surface area contributed by atoms with Gasteiger partial charge in [0.2, 0.25) is 0 Å². The minimum Gasteiger partial charge on any atom is -0.389 e. The van der Waals surface area contributed by atoms with Gasteiger partial charge in [0.15, 0.2) is 0 Å². The smallest absolute Gasteiger partial charge is 0.0706 e. The van der Waals surface area contributed by atoms with Crippen LogP contribution in [0.15, 0.2) is 30.3 Å². The first-order valence-electron chi connectivity index (χ1n) is 6.54. The van der Waals surface area contributed by atoms with E-state index in [1.54, 1.807) is 0 Å². The number of hydrogen-bond acceptors (Lipinski definition) is 2. The molecule has 2 heteroatoms. The average Bonchev–Trinajstić information content (AvgIpc) is 3.09. The van der Waals surface area contributed by atoms with Crippen molar-refractivity contribution < 1.29 is 5.11 Å². The molecule has 0 bridgehead atoms. The molecule has 2 atom stereocenters. The van der Waals surface area contributed by atoms with E-state index in [4.69, 9.17) is 0 Å². The Hall–Kier alpha value is -0.860. The number of benzene rings is 1. The average molecular weight is 231 g/mol. The molecule has 1 aromatic carbocycles. The minimum atomic E-state index is -0.500. The highest BCUT2D eigenvalue weighted by Gasteiger charge is 2.63. The largest absolute Gasteiger partial charge is 0.389 e. The van der Waals surface area contributed by atoms with E-state index in [1.165, 1.54) is 5.56 Å². The molecule has 92 valence electrons. The number of rotatable bonds is 1. The van der Waals surface area contributed by atoms with Gasteiger partial charge in [0.1, 0.15) is 0 Å². The van der Waals surface area contributed by atoms with Gasteiger partial charge in [0.25, 0.3) is 0 Å². The van der Waals surface area contributed by atoms with Gasteiger partial charge in [-0.3, -0.25) is 4.90 Å². The van der Waals surface area contributed by atoms with E-state index in [1.807, 2.05) is 6.92 Å². The molecule has 17 heavy (non-hydrogen) atoms. The summed E-state index contributed by atoms with van der Waals surface area (Å²) in [5.41, 5.74) is 0.953. The highest BCUT2D eigenvalue weighted by atomic mass is 16.3. The molecule has 1 N–H and O–H groups in total. The summed E-state index contributed by atoms with van der Waals surface area (Å²) in [5, 5.41) is 10.7. The van der Waals surface area contributed by atoms with Gasteiger partial charge in [-0.25, -0.2) is 0 Å². The van der Waals surface area contributed by atoms with Gasteiger partial charge in [0, 0.05) is 18.0 Å². The molecule has 1 heterocycles. The molecule has 1 aromatic rings. The fraction of sp³-hybridized carbons (Fsp3) is 0.600. The maximum Gasteiger partial charge on any atom is 0.0706 e.